The van der Waals surface area contributed by atoms with Crippen molar-refractivity contribution in [1.82, 2.24) is 19.8 Å². The third kappa shape index (κ3) is 4.06. The highest BCUT2D eigenvalue weighted by molar-refractivity contribution is 5.87. The normalized spacial score (nSPS) is 16.6. The molecule has 0 atom stereocenters. The van der Waals surface area contributed by atoms with E-state index in [1.807, 2.05) is 24.3 Å². The van der Waals surface area contributed by atoms with E-state index in [0.29, 0.717) is 5.82 Å². The lowest BCUT2D eigenvalue weighted by Crippen LogP contribution is -2.46. The molecule has 1 aliphatic heterocycles. The van der Waals surface area contributed by atoms with Gasteiger partial charge in [-0.1, -0.05) is 23.8 Å². The molecule has 0 bridgehead atoms. The minimum absolute atomic E-state index is 0.577. The van der Waals surface area contributed by atoms with Gasteiger partial charge in [0, 0.05) is 38.1 Å². The maximum Gasteiger partial charge on any atom is 0.145 e. The maximum absolute atomic E-state index is 6.07. The highest BCUT2D eigenvalue weighted by Gasteiger charge is 2.17. The van der Waals surface area contributed by atoms with Crippen molar-refractivity contribution in [3.05, 3.63) is 41.7 Å². The number of nitrogens with two attached hydrogens (primary N) is 1. The molecule has 2 aromatic rings. The van der Waals surface area contributed by atoms with E-state index in [-0.39, 0.29) is 0 Å². The molecule has 5 heteroatoms. The second-order valence-electron chi connectivity index (χ2n) is 6.40. The molecule has 1 aliphatic rings. The average Bonchev–Trinajstić information content (AvgIpc) is 2.54. The Balaban J connectivity index is 1.62. The second kappa shape index (κ2) is 7.06. The smallest absolute Gasteiger partial charge is 0.145 e. The number of fused-ring (bicyclic) bond motifs is 1. The summed E-state index contributed by atoms with van der Waals surface area (Å²) in [5.41, 5.74) is 8.38. The van der Waals surface area contributed by atoms with E-state index in [9.17, 15) is 0 Å². The van der Waals surface area contributed by atoms with Crippen molar-refractivity contribution in [3.8, 4) is 0 Å². The Hall–Kier alpha value is -1.98. The average molecular weight is 311 g/mol. The van der Waals surface area contributed by atoms with Crippen molar-refractivity contribution >= 4 is 16.7 Å². The molecule has 1 fully saturated rings. The lowest BCUT2D eigenvalue weighted by molar-refractivity contribution is 0.134. The molecule has 1 aromatic heterocycles. The standard InChI is InChI=1S/C18H25N5/c1-14(2)7-8-22-9-11-23(12-10-22)13-17-20-16-6-4-3-5-15(16)18(19)21-17/h3-7H,8-13H2,1-2H3,(H2,19,20,21). The van der Waals surface area contributed by atoms with Gasteiger partial charge in [0.2, 0.25) is 0 Å². The molecular weight excluding hydrogens is 286 g/mol. The van der Waals surface area contributed by atoms with Gasteiger partial charge in [-0.15, -0.1) is 0 Å². The predicted molar refractivity (Wildman–Crippen MR) is 95.1 cm³/mol. The molecule has 1 saturated heterocycles. The Labute approximate surface area is 137 Å². The van der Waals surface area contributed by atoms with Gasteiger partial charge in [0.05, 0.1) is 12.1 Å². The number of hydrogen-bond acceptors (Lipinski definition) is 5. The first-order chi connectivity index (χ1) is 11.1. The molecule has 0 unspecified atom stereocenters. The van der Waals surface area contributed by atoms with Crippen LogP contribution < -0.4 is 5.73 Å². The van der Waals surface area contributed by atoms with Crippen molar-refractivity contribution in [2.45, 2.75) is 20.4 Å². The van der Waals surface area contributed by atoms with Gasteiger partial charge in [0.25, 0.3) is 0 Å². The highest BCUT2D eigenvalue weighted by atomic mass is 15.3. The lowest BCUT2D eigenvalue weighted by Gasteiger charge is -2.33. The van der Waals surface area contributed by atoms with Gasteiger partial charge in [0.1, 0.15) is 11.6 Å². The molecular formula is C18H25N5. The number of allylic oxidation sites excluding steroid dienone is 1. The number of aromatic nitrogens is 2. The lowest BCUT2D eigenvalue weighted by atomic mass is 10.2. The zero-order chi connectivity index (χ0) is 16.2. The highest BCUT2D eigenvalue weighted by Crippen LogP contribution is 2.18. The van der Waals surface area contributed by atoms with Crippen LogP contribution in [-0.2, 0) is 6.54 Å². The van der Waals surface area contributed by atoms with Crippen molar-refractivity contribution in [3.63, 3.8) is 0 Å². The van der Waals surface area contributed by atoms with Crippen LogP contribution in [0.5, 0.6) is 0 Å². The number of piperazine rings is 1. The molecule has 122 valence electrons. The predicted octanol–water partition coefficient (Wildman–Crippen LogP) is 2.30. The number of benzene rings is 1. The molecule has 0 amide bonds. The Morgan fingerprint density at radius 1 is 1.09 bits per heavy atom. The monoisotopic (exact) mass is 311 g/mol. The SMILES string of the molecule is CC(C)=CCN1CCN(Cc2nc(N)c3ccccc3n2)CC1. The summed E-state index contributed by atoms with van der Waals surface area (Å²) in [5, 5.41) is 0.933. The fraction of sp³-hybridized carbons (Fsp3) is 0.444. The zero-order valence-electron chi connectivity index (χ0n) is 14.0. The summed E-state index contributed by atoms with van der Waals surface area (Å²) >= 11 is 0. The van der Waals surface area contributed by atoms with Crippen molar-refractivity contribution < 1.29 is 0 Å². The van der Waals surface area contributed by atoms with Crippen molar-refractivity contribution in [1.29, 1.82) is 0 Å². The fourth-order valence-corrected chi connectivity index (χ4v) is 2.86. The molecule has 0 spiro atoms. The van der Waals surface area contributed by atoms with E-state index in [2.05, 4.69) is 39.7 Å². The van der Waals surface area contributed by atoms with Crippen LogP contribution in [0.4, 0.5) is 5.82 Å². The van der Waals surface area contributed by atoms with E-state index >= 15 is 0 Å². The number of rotatable bonds is 4. The summed E-state index contributed by atoms with van der Waals surface area (Å²) < 4.78 is 0. The summed E-state index contributed by atoms with van der Waals surface area (Å²) in [4.78, 5) is 14.0. The summed E-state index contributed by atoms with van der Waals surface area (Å²) in [5.74, 6) is 1.40. The zero-order valence-corrected chi connectivity index (χ0v) is 14.0. The molecule has 0 radical (unpaired) electrons. The van der Waals surface area contributed by atoms with E-state index in [1.54, 1.807) is 0 Å². The van der Waals surface area contributed by atoms with Crippen molar-refractivity contribution in [2.75, 3.05) is 38.5 Å². The van der Waals surface area contributed by atoms with E-state index in [0.717, 1.165) is 56.0 Å². The first-order valence-corrected chi connectivity index (χ1v) is 8.21. The van der Waals surface area contributed by atoms with Gasteiger partial charge in [-0.25, -0.2) is 9.97 Å². The third-order valence-corrected chi connectivity index (χ3v) is 4.27. The molecule has 2 N–H and O–H groups in total. The molecule has 3 rings (SSSR count). The first kappa shape index (κ1) is 15.9. The summed E-state index contributed by atoms with van der Waals surface area (Å²) in [6.07, 6.45) is 2.29. The Bertz CT molecular complexity index is 698. The minimum atomic E-state index is 0.577. The van der Waals surface area contributed by atoms with Crippen molar-refractivity contribution in [2.24, 2.45) is 0 Å². The Morgan fingerprint density at radius 2 is 1.78 bits per heavy atom. The number of nitrogens with zero attached hydrogens (tertiary/aromatic N) is 4. The quantitative estimate of drug-likeness (QED) is 0.878. The van der Waals surface area contributed by atoms with Crippen LogP contribution in [0.1, 0.15) is 19.7 Å². The largest absolute Gasteiger partial charge is 0.383 e. The second-order valence-corrected chi connectivity index (χ2v) is 6.40. The van der Waals surface area contributed by atoms with Gasteiger partial charge in [-0.05, 0) is 26.0 Å². The summed E-state index contributed by atoms with van der Waals surface area (Å²) in [7, 11) is 0. The van der Waals surface area contributed by atoms with Crippen LogP contribution in [0.2, 0.25) is 0 Å². The van der Waals surface area contributed by atoms with Gasteiger partial charge >= 0.3 is 0 Å². The minimum Gasteiger partial charge on any atom is -0.383 e. The summed E-state index contributed by atoms with van der Waals surface area (Å²) in [6, 6.07) is 7.92. The summed E-state index contributed by atoms with van der Waals surface area (Å²) in [6.45, 7) is 10.4. The van der Waals surface area contributed by atoms with Gasteiger partial charge in [0.15, 0.2) is 0 Å². The third-order valence-electron chi connectivity index (χ3n) is 4.27. The van der Waals surface area contributed by atoms with E-state index in [4.69, 9.17) is 5.73 Å². The number of hydrogen-bond donors (Lipinski definition) is 1. The fourth-order valence-electron chi connectivity index (χ4n) is 2.86. The number of para-hydroxylation sites is 1. The molecule has 2 heterocycles. The van der Waals surface area contributed by atoms with Crippen LogP contribution in [0.15, 0.2) is 35.9 Å². The first-order valence-electron chi connectivity index (χ1n) is 8.21. The Morgan fingerprint density at radius 3 is 2.52 bits per heavy atom. The Kier molecular flexibility index (Phi) is 4.88. The molecule has 1 aromatic carbocycles. The maximum atomic E-state index is 6.07. The molecule has 5 nitrogen and oxygen atoms in total. The molecule has 23 heavy (non-hydrogen) atoms. The van der Waals surface area contributed by atoms with Crippen LogP contribution in [0.25, 0.3) is 10.9 Å². The van der Waals surface area contributed by atoms with Crippen LogP contribution in [-0.4, -0.2) is 52.5 Å². The van der Waals surface area contributed by atoms with Gasteiger partial charge < -0.3 is 5.73 Å². The van der Waals surface area contributed by atoms with Crippen LogP contribution in [0.3, 0.4) is 0 Å². The number of anilines is 1. The van der Waals surface area contributed by atoms with Crippen LogP contribution >= 0.6 is 0 Å². The van der Waals surface area contributed by atoms with E-state index in [1.165, 1.54) is 5.57 Å². The molecule has 0 saturated carbocycles. The van der Waals surface area contributed by atoms with Crippen LogP contribution in [0, 0.1) is 0 Å². The number of nitrogen functional groups attached to an aromatic ring is 1. The molecule has 0 aliphatic carbocycles. The van der Waals surface area contributed by atoms with E-state index < -0.39 is 0 Å². The van der Waals surface area contributed by atoms with Gasteiger partial charge in [-0.2, -0.15) is 0 Å². The van der Waals surface area contributed by atoms with Gasteiger partial charge in [-0.3, -0.25) is 9.80 Å². The topological polar surface area (TPSA) is 58.3 Å².